The lowest BCUT2D eigenvalue weighted by Gasteiger charge is -2.18. The van der Waals surface area contributed by atoms with E-state index in [0.29, 0.717) is 5.56 Å². The number of rotatable bonds is 4. The topological polar surface area (TPSA) is 39.9 Å². The van der Waals surface area contributed by atoms with Gasteiger partial charge in [0, 0.05) is 31.5 Å². The summed E-state index contributed by atoms with van der Waals surface area (Å²) in [6.45, 7) is 0. The molecule has 0 fully saturated rings. The number of nitriles is 1. The monoisotopic (exact) mass is 375 g/mol. The minimum atomic E-state index is 0.621. The van der Waals surface area contributed by atoms with E-state index in [9.17, 15) is 5.26 Å². The van der Waals surface area contributed by atoms with Crippen molar-refractivity contribution in [3.05, 3.63) is 96.7 Å². The molecule has 4 rings (SSSR count). The molecule has 0 spiro atoms. The second-order valence-electron chi connectivity index (χ2n) is 7.08. The molecule has 0 unspecified atom stereocenters. The zero-order valence-corrected chi connectivity index (χ0v) is 16.5. The highest BCUT2D eigenvalue weighted by Crippen LogP contribution is 2.40. The van der Waals surface area contributed by atoms with Gasteiger partial charge in [-0.3, -0.25) is 4.98 Å². The largest absolute Gasteiger partial charge is 0.378 e. The lowest BCUT2D eigenvalue weighted by atomic mass is 9.87. The Morgan fingerprint density at radius 2 is 1.38 bits per heavy atom. The average molecular weight is 375 g/mol. The Hall–Kier alpha value is -3.90. The minimum absolute atomic E-state index is 0.621. The zero-order valence-electron chi connectivity index (χ0n) is 16.5. The minimum Gasteiger partial charge on any atom is -0.378 e. The molecule has 1 heterocycles. The van der Waals surface area contributed by atoms with E-state index >= 15 is 0 Å². The van der Waals surface area contributed by atoms with Crippen LogP contribution < -0.4 is 4.90 Å². The van der Waals surface area contributed by atoms with E-state index in [1.807, 2.05) is 74.9 Å². The Kier molecular flexibility index (Phi) is 5.09. The van der Waals surface area contributed by atoms with Crippen LogP contribution >= 0.6 is 0 Å². The van der Waals surface area contributed by atoms with E-state index < -0.39 is 0 Å². The summed E-state index contributed by atoms with van der Waals surface area (Å²) in [5.41, 5.74) is 7.79. The molecule has 0 aliphatic rings. The first-order valence-electron chi connectivity index (χ1n) is 9.50. The van der Waals surface area contributed by atoms with Gasteiger partial charge in [-0.15, -0.1) is 0 Å². The van der Waals surface area contributed by atoms with Gasteiger partial charge in [0.1, 0.15) is 0 Å². The molecule has 0 saturated carbocycles. The van der Waals surface area contributed by atoms with Crippen molar-refractivity contribution in [3.63, 3.8) is 0 Å². The van der Waals surface area contributed by atoms with Crippen molar-refractivity contribution in [1.29, 1.82) is 5.26 Å². The van der Waals surface area contributed by atoms with E-state index in [4.69, 9.17) is 0 Å². The van der Waals surface area contributed by atoms with Gasteiger partial charge in [-0.2, -0.15) is 5.26 Å². The number of aromatic nitrogens is 1. The fraction of sp³-hybridized carbons (Fsp3) is 0.0769. The Morgan fingerprint density at radius 1 is 0.759 bits per heavy atom. The summed E-state index contributed by atoms with van der Waals surface area (Å²) in [6.07, 6.45) is 1.82. The molecular weight excluding hydrogens is 354 g/mol. The van der Waals surface area contributed by atoms with Gasteiger partial charge >= 0.3 is 0 Å². The van der Waals surface area contributed by atoms with Crippen molar-refractivity contribution in [3.8, 4) is 39.6 Å². The fourth-order valence-electron chi connectivity index (χ4n) is 3.51. The van der Waals surface area contributed by atoms with E-state index in [2.05, 4.69) is 46.3 Å². The molecule has 0 saturated heterocycles. The molecule has 3 aromatic carbocycles. The third kappa shape index (κ3) is 3.74. The Balaban J connectivity index is 2.07. The molecule has 0 N–H and O–H groups in total. The van der Waals surface area contributed by atoms with Gasteiger partial charge in [-0.05, 0) is 46.5 Å². The third-order valence-electron chi connectivity index (χ3n) is 4.95. The van der Waals surface area contributed by atoms with Crippen molar-refractivity contribution >= 4 is 5.69 Å². The first-order valence-corrected chi connectivity index (χ1v) is 9.50. The lowest BCUT2D eigenvalue weighted by molar-refractivity contribution is 1.12. The van der Waals surface area contributed by atoms with Crippen molar-refractivity contribution in [1.82, 2.24) is 4.98 Å². The molecule has 0 amide bonds. The summed E-state index contributed by atoms with van der Waals surface area (Å²) < 4.78 is 0. The number of nitrogens with zero attached hydrogens (tertiary/aromatic N) is 3. The standard InChI is InChI=1S/C26H21N3/c1-29(2)22-13-14-28-25(17-22)24-16-19(18-27)15-23(20-9-5-3-6-10-20)26(24)21-11-7-4-8-12-21/h3-17H,1-2H3. The molecule has 3 nitrogen and oxygen atoms in total. The number of hydrogen-bond acceptors (Lipinski definition) is 3. The highest BCUT2D eigenvalue weighted by atomic mass is 15.1. The van der Waals surface area contributed by atoms with Crippen LogP contribution in [-0.2, 0) is 0 Å². The van der Waals surface area contributed by atoms with Crippen molar-refractivity contribution < 1.29 is 0 Å². The van der Waals surface area contributed by atoms with Crippen LogP contribution in [0.4, 0.5) is 5.69 Å². The molecular formula is C26H21N3. The van der Waals surface area contributed by atoms with Crippen LogP contribution in [0.15, 0.2) is 91.1 Å². The first kappa shape index (κ1) is 18.5. The van der Waals surface area contributed by atoms with Gasteiger partial charge in [-0.25, -0.2) is 0 Å². The van der Waals surface area contributed by atoms with Gasteiger partial charge in [0.2, 0.25) is 0 Å². The first-order chi connectivity index (χ1) is 14.2. The molecule has 29 heavy (non-hydrogen) atoms. The van der Waals surface area contributed by atoms with Crippen LogP contribution in [0.5, 0.6) is 0 Å². The summed E-state index contributed by atoms with van der Waals surface area (Å²) in [4.78, 5) is 6.71. The van der Waals surface area contributed by atoms with Gasteiger partial charge in [0.05, 0.1) is 17.3 Å². The maximum Gasteiger partial charge on any atom is 0.0992 e. The summed E-state index contributed by atoms with van der Waals surface area (Å²) >= 11 is 0. The quantitative estimate of drug-likeness (QED) is 0.438. The molecule has 0 aliphatic heterocycles. The molecule has 4 aromatic rings. The van der Waals surface area contributed by atoms with Crippen LogP contribution in [0.25, 0.3) is 33.5 Å². The Labute approximate surface area is 171 Å². The molecule has 140 valence electrons. The van der Waals surface area contributed by atoms with Crippen LogP contribution in [-0.4, -0.2) is 19.1 Å². The normalized spacial score (nSPS) is 10.4. The number of pyridine rings is 1. The molecule has 3 heteroatoms. The summed E-state index contributed by atoms with van der Waals surface area (Å²) in [5, 5.41) is 9.71. The van der Waals surface area contributed by atoms with Gasteiger partial charge in [0.25, 0.3) is 0 Å². The van der Waals surface area contributed by atoms with E-state index in [1.54, 1.807) is 0 Å². The number of anilines is 1. The maximum atomic E-state index is 9.71. The van der Waals surface area contributed by atoms with Crippen LogP contribution in [0.1, 0.15) is 5.56 Å². The molecule has 0 radical (unpaired) electrons. The number of benzene rings is 3. The molecule has 1 aromatic heterocycles. The van der Waals surface area contributed by atoms with Crippen molar-refractivity contribution in [2.75, 3.05) is 19.0 Å². The zero-order chi connectivity index (χ0) is 20.2. The van der Waals surface area contributed by atoms with Crippen LogP contribution in [0, 0.1) is 11.3 Å². The third-order valence-corrected chi connectivity index (χ3v) is 4.95. The maximum absolute atomic E-state index is 9.71. The second-order valence-corrected chi connectivity index (χ2v) is 7.08. The summed E-state index contributed by atoms with van der Waals surface area (Å²) in [5.74, 6) is 0. The smallest absolute Gasteiger partial charge is 0.0992 e. The summed E-state index contributed by atoms with van der Waals surface area (Å²) in [7, 11) is 4.02. The number of hydrogen-bond donors (Lipinski definition) is 0. The van der Waals surface area contributed by atoms with Crippen LogP contribution in [0.3, 0.4) is 0 Å². The highest BCUT2D eigenvalue weighted by molar-refractivity contribution is 5.95. The van der Waals surface area contributed by atoms with E-state index in [1.165, 1.54) is 0 Å². The van der Waals surface area contributed by atoms with Gasteiger partial charge in [0.15, 0.2) is 0 Å². The summed E-state index contributed by atoms with van der Waals surface area (Å²) in [6, 6.07) is 30.8. The van der Waals surface area contributed by atoms with Crippen molar-refractivity contribution in [2.24, 2.45) is 0 Å². The van der Waals surface area contributed by atoms with Crippen LogP contribution in [0.2, 0.25) is 0 Å². The van der Waals surface area contributed by atoms with E-state index in [0.717, 1.165) is 39.2 Å². The van der Waals surface area contributed by atoms with E-state index in [-0.39, 0.29) is 0 Å². The molecule has 0 atom stereocenters. The Bertz CT molecular complexity index is 1170. The van der Waals surface area contributed by atoms with Gasteiger partial charge in [-0.1, -0.05) is 60.7 Å². The predicted molar refractivity (Wildman–Crippen MR) is 120 cm³/mol. The van der Waals surface area contributed by atoms with Gasteiger partial charge < -0.3 is 4.90 Å². The SMILES string of the molecule is CN(C)c1ccnc(-c2cc(C#N)cc(-c3ccccc3)c2-c2ccccc2)c1. The second kappa shape index (κ2) is 8.00. The molecule has 0 aliphatic carbocycles. The lowest BCUT2D eigenvalue weighted by Crippen LogP contribution is -2.08. The Morgan fingerprint density at radius 3 is 2.00 bits per heavy atom. The van der Waals surface area contributed by atoms with Crippen molar-refractivity contribution in [2.45, 2.75) is 0 Å². The highest BCUT2D eigenvalue weighted by Gasteiger charge is 2.17. The average Bonchev–Trinajstić information content (AvgIpc) is 2.79. The fourth-order valence-corrected chi connectivity index (χ4v) is 3.51. The predicted octanol–water partition coefficient (Wildman–Crippen LogP) is 6.02. The molecule has 0 bridgehead atoms.